The molecule has 0 amide bonds. The molecule has 0 N–H and O–H groups in total. The summed E-state index contributed by atoms with van der Waals surface area (Å²) in [5, 5.41) is 4.39. The molecule has 54 heavy (non-hydrogen) atoms. The minimum absolute atomic E-state index is 0.122. The molecule has 10 aromatic rings. The Kier molecular flexibility index (Phi) is 6.56. The smallest absolute Gasteiger partial charge is 0.227 e. The zero-order valence-corrected chi connectivity index (χ0v) is 29.9. The van der Waals surface area contributed by atoms with Gasteiger partial charge < -0.3 is 13.7 Å². The van der Waals surface area contributed by atoms with Crippen LogP contribution < -0.4 is 4.90 Å². The number of oxazole rings is 1. The van der Waals surface area contributed by atoms with E-state index in [4.69, 9.17) is 13.8 Å². The van der Waals surface area contributed by atoms with Gasteiger partial charge in [-0.2, -0.15) is 0 Å². The van der Waals surface area contributed by atoms with Gasteiger partial charge in [-0.25, -0.2) is 4.98 Å². The van der Waals surface area contributed by atoms with Gasteiger partial charge in [-0.1, -0.05) is 117 Å². The third-order valence-corrected chi connectivity index (χ3v) is 11.3. The van der Waals surface area contributed by atoms with E-state index in [9.17, 15) is 0 Å². The fourth-order valence-corrected chi connectivity index (χ4v) is 8.62. The van der Waals surface area contributed by atoms with E-state index >= 15 is 0 Å². The monoisotopic (exact) mass is 694 g/mol. The van der Waals surface area contributed by atoms with Gasteiger partial charge in [0.25, 0.3) is 0 Å². The van der Waals surface area contributed by atoms with Gasteiger partial charge in [0, 0.05) is 44.2 Å². The van der Waals surface area contributed by atoms with Crippen LogP contribution in [0.25, 0.3) is 77.5 Å². The topological polar surface area (TPSA) is 42.4 Å². The van der Waals surface area contributed by atoms with Crippen LogP contribution in [0.2, 0.25) is 0 Å². The van der Waals surface area contributed by atoms with Crippen molar-refractivity contribution >= 4 is 60.9 Å². The summed E-state index contributed by atoms with van der Waals surface area (Å²) in [5.41, 5.74) is 15.0. The average Bonchev–Trinajstić information content (AvgIpc) is 3.89. The number of anilines is 3. The van der Waals surface area contributed by atoms with Crippen LogP contribution in [0, 0.1) is 0 Å². The molecule has 4 nitrogen and oxygen atoms in total. The van der Waals surface area contributed by atoms with Gasteiger partial charge in [0.05, 0.1) is 0 Å². The first-order valence-electron chi connectivity index (χ1n) is 18.5. The van der Waals surface area contributed by atoms with E-state index in [1.165, 1.54) is 22.3 Å². The van der Waals surface area contributed by atoms with Crippen molar-refractivity contribution in [3.63, 3.8) is 0 Å². The Balaban J connectivity index is 1.07. The summed E-state index contributed by atoms with van der Waals surface area (Å²) in [4.78, 5) is 7.25. The van der Waals surface area contributed by atoms with Crippen molar-refractivity contribution in [2.24, 2.45) is 0 Å². The molecule has 8 aromatic carbocycles. The van der Waals surface area contributed by atoms with Crippen LogP contribution in [0.15, 0.2) is 179 Å². The lowest BCUT2D eigenvalue weighted by Crippen LogP contribution is -2.16. The maximum Gasteiger partial charge on any atom is 0.227 e. The van der Waals surface area contributed by atoms with E-state index in [1.54, 1.807) is 0 Å². The first kappa shape index (κ1) is 30.7. The zero-order valence-electron chi connectivity index (χ0n) is 29.9. The Morgan fingerprint density at radius 2 is 1.19 bits per heavy atom. The first-order chi connectivity index (χ1) is 26.5. The minimum Gasteiger partial charge on any atom is -0.456 e. The highest BCUT2D eigenvalue weighted by Crippen LogP contribution is 2.51. The van der Waals surface area contributed by atoms with E-state index in [0.717, 1.165) is 77.6 Å². The molecule has 0 radical (unpaired) electrons. The number of nitrogens with zero attached hydrogens (tertiary/aromatic N) is 2. The van der Waals surface area contributed by atoms with E-state index in [1.807, 2.05) is 42.5 Å². The summed E-state index contributed by atoms with van der Waals surface area (Å²) in [6.45, 7) is 4.67. The number of aromatic nitrogens is 1. The second-order valence-electron chi connectivity index (χ2n) is 14.8. The Morgan fingerprint density at radius 1 is 0.481 bits per heavy atom. The molecule has 0 fully saturated rings. The van der Waals surface area contributed by atoms with E-state index < -0.39 is 0 Å². The normalized spacial score (nSPS) is 13.1. The number of rotatable bonds is 5. The van der Waals surface area contributed by atoms with E-state index in [0.29, 0.717) is 5.89 Å². The lowest BCUT2D eigenvalue weighted by molar-refractivity contribution is 0.623. The zero-order chi connectivity index (χ0) is 36.0. The molecular formula is C50H34N2O2. The van der Waals surface area contributed by atoms with Gasteiger partial charge >= 0.3 is 0 Å². The van der Waals surface area contributed by atoms with Gasteiger partial charge in [-0.15, -0.1) is 0 Å². The van der Waals surface area contributed by atoms with Crippen molar-refractivity contribution in [1.82, 2.24) is 4.98 Å². The van der Waals surface area contributed by atoms with Crippen LogP contribution in [0.3, 0.4) is 0 Å². The van der Waals surface area contributed by atoms with Gasteiger partial charge in [0.15, 0.2) is 5.58 Å². The number of benzene rings is 8. The van der Waals surface area contributed by atoms with Gasteiger partial charge in [0.2, 0.25) is 5.89 Å². The molecule has 0 bridgehead atoms. The molecule has 2 aromatic heterocycles. The number of hydrogen-bond donors (Lipinski definition) is 0. The minimum atomic E-state index is -0.122. The van der Waals surface area contributed by atoms with Crippen molar-refractivity contribution in [3.8, 4) is 33.7 Å². The van der Waals surface area contributed by atoms with Gasteiger partial charge in [0.1, 0.15) is 16.7 Å². The quantitative estimate of drug-likeness (QED) is 0.180. The Labute approximate surface area is 312 Å². The fourth-order valence-electron chi connectivity index (χ4n) is 8.62. The third kappa shape index (κ3) is 4.60. The van der Waals surface area contributed by atoms with Crippen molar-refractivity contribution in [2.45, 2.75) is 19.3 Å². The highest BCUT2D eigenvalue weighted by molar-refractivity contribution is 6.11. The summed E-state index contributed by atoms with van der Waals surface area (Å²) < 4.78 is 12.8. The fraction of sp³-hybridized carbons (Fsp3) is 0.0600. The summed E-state index contributed by atoms with van der Waals surface area (Å²) in [5.74, 6) is 0.627. The average molecular weight is 695 g/mol. The van der Waals surface area contributed by atoms with Crippen LogP contribution in [0.1, 0.15) is 25.0 Å². The van der Waals surface area contributed by atoms with E-state index in [2.05, 4.69) is 146 Å². The standard InChI is InChI=1S/C50H34N2O2/c1-50(2)42-17-8-6-14-38(42)39-26-24-36(30-43(39)50)52(35-25-28-46-41(29-35)40-15-7-9-18-45(40)53-46)34-22-19-31(20-23-34)37-16-10-13-32-21-27-44-48(47(32)37)54-49(51-44)33-11-4-3-5-12-33/h3-30H,1-2H3. The summed E-state index contributed by atoms with van der Waals surface area (Å²) >= 11 is 0. The van der Waals surface area contributed by atoms with Crippen LogP contribution >= 0.6 is 0 Å². The number of furan rings is 1. The van der Waals surface area contributed by atoms with Crippen LogP contribution in [0.5, 0.6) is 0 Å². The van der Waals surface area contributed by atoms with Crippen molar-refractivity contribution in [2.75, 3.05) is 4.90 Å². The molecule has 0 aliphatic heterocycles. The maximum atomic E-state index is 6.52. The maximum absolute atomic E-state index is 6.52. The first-order valence-corrected chi connectivity index (χ1v) is 18.5. The predicted octanol–water partition coefficient (Wildman–Crippen LogP) is 14.0. The van der Waals surface area contributed by atoms with E-state index in [-0.39, 0.29) is 5.41 Å². The van der Waals surface area contributed by atoms with Crippen molar-refractivity contribution < 1.29 is 8.83 Å². The SMILES string of the molecule is CC1(C)c2ccccc2-c2ccc(N(c3ccc(-c4cccc5ccc6nc(-c7ccccc7)oc6c45)cc3)c3ccc4oc5ccccc5c4c3)cc21. The predicted molar refractivity (Wildman–Crippen MR) is 222 cm³/mol. The Morgan fingerprint density at radius 3 is 2.07 bits per heavy atom. The summed E-state index contributed by atoms with van der Waals surface area (Å²) in [6.07, 6.45) is 0. The van der Waals surface area contributed by atoms with Gasteiger partial charge in [-0.3, -0.25) is 0 Å². The van der Waals surface area contributed by atoms with Crippen molar-refractivity contribution in [1.29, 1.82) is 0 Å². The highest BCUT2D eigenvalue weighted by Gasteiger charge is 2.35. The van der Waals surface area contributed by atoms with Crippen LogP contribution in [-0.2, 0) is 5.41 Å². The second-order valence-corrected chi connectivity index (χ2v) is 14.8. The summed E-state index contributed by atoms with van der Waals surface area (Å²) in [6, 6.07) is 60.2. The molecule has 1 aliphatic rings. The molecule has 0 saturated carbocycles. The number of para-hydroxylation sites is 1. The molecule has 0 atom stereocenters. The van der Waals surface area contributed by atoms with Gasteiger partial charge in [-0.05, 0) is 105 Å². The molecule has 0 unspecified atom stereocenters. The molecule has 11 rings (SSSR count). The number of fused-ring (bicyclic) bond motifs is 9. The largest absolute Gasteiger partial charge is 0.456 e. The van der Waals surface area contributed by atoms with Crippen molar-refractivity contribution in [3.05, 3.63) is 181 Å². The molecule has 0 spiro atoms. The lowest BCUT2D eigenvalue weighted by Gasteiger charge is -2.28. The molecule has 256 valence electrons. The lowest BCUT2D eigenvalue weighted by atomic mass is 9.82. The Hall–Kier alpha value is -6.91. The third-order valence-electron chi connectivity index (χ3n) is 11.3. The highest BCUT2D eigenvalue weighted by atomic mass is 16.3. The van der Waals surface area contributed by atoms with Crippen LogP contribution in [-0.4, -0.2) is 4.98 Å². The molecule has 4 heteroatoms. The molecule has 2 heterocycles. The molecule has 1 aliphatic carbocycles. The molecule has 0 saturated heterocycles. The van der Waals surface area contributed by atoms with Crippen LogP contribution in [0.4, 0.5) is 17.1 Å². The summed E-state index contributed by atoms with van der Waals surface area (Å²) in [7, 11) is 0. The second kappa shape index (κ2) is 11.5. The molecular weight excluding hydrogens is 661 g/mol. The number of hydrogen-bond acceptors (Lipinski definition) is 4. The Bertz CT molecular complexity index is 3080.